The van der Waals surface area contributed by atoms with Crippen molar-refractivity contribution in [2.24, 2.45) is 0 Å². The highest BCUT2D eigenvalue weighted by Crippen LogP contribution is 2.27. The van der Waals surface area contributed by atoms with Crippen molar-refractivity contribution < 1.29 is 13.6 Å². The zero-order valence-electron chi connectivity index (χ0n) is 15.7. The van der Waals surface area contributed by atoms with Crippen LogP contribution in [0.2, 0.25) is 0 Å². The van der Waals surface area contributed by atoms with E-state index in [1.807, 2.05) is 12.1 Å². The molecule has 2 aromatic carbocycles. The normalized spacial score (nSPS) is 11.5. The third kappa shape index (κ3) is 3.88. The standard InChI is InChI=1S/C23H20N2O3/c1-15(2)16-5-7-17(8-6-16)23-25-20-14-18(9-11-21(20)28-23)24-22(26)12-10-19-4-3-13-27-19/h3-15H,1-2H3,(H,24,26)/b12-10+. The number of nitrogens with one attached hydrogen (secondary N) is 1. The molecular weight excluding hydrogens is 352 g/mol. The van der Waals surface area contributed by atoms with Gasteiger partial charge in [-0.3, -0.25) is 4.79 Å². The summed E-state index contributed by atoms with van der Waals surface area (Å²) in [4.78, 5) is 16.6. The second-order valence-electron chi connectivity index (χ2n) is 6.82. The molecule has 4 rings (SSSR count). The first-order chi connectivity index (χ1) is 13.6. The number of fused-ring (bicyclic) bond motifs is 1. The summed E-state index contributed by atoms with van der Waals surface area (Å²) in [6.45, 7) is 4.32. The van der Waals surface area contributed by atoms with Gasteiger partial charge >= 0.3 is 0 Å². The molecule has 2 heterocycles. The maximum Gasteiger partial charge on any atom is 0.248 e. The van der Waals surface area contributed by atoms with Crippen LogP contribution in [0.4, 0.5) is 5.69 Å². The summed E-state index contributed by atoms with van der Waals surface area (Å²) < 4.78 is 11.0. The van der Waals surface area contributed by atoms with Crippen molar-refractivity contribution in [3.05, 3.63) is 78.3 Å². The number of anilines is 1. The van der Waals surface area contributed by atoms with E-state index in [4.69, 9.17) is 8.83 Å². The van der Waals surface area contributed by atoms with Crippen molar-refractivity contribution >= 4 is 28.8 Å². The minimum absolute atomic E-state index is 0.247. The molecule has 0 unspecified atom stereocenters. The molecule has 0 bridgehead atoms. The van der Waals surface area contributed by atoms with Gasteiger partial charge in [0.1, 0.15) is 11.3 Å². The Labute approximate surface area is 162 Å². The van der Waals surface area contributed by atoms with E-state index in [9.17, 15) is 4.79 Å². The molecule has 28 heavy (non-hydrogen) atoms. The van der Waals surface area contributed by atoms with Crippen LogP contribution in [0, 0.1) is 0 Å². The van der Waals surface area contributed by atoms with Crippen LogP contribution in [-0.2, 0) is 4.79 Å². The molecule has 0 aliphatic rings. The van der Waals surface area contributed by atoms with Crippen molar-refractivity contribution in [2.45, 2.75) is 19.8 Å². The Morgan fingerprint density at radius 2 is 1.93 bits per heavy atom. The Morgan fingerprint density at radius 1 is 1.11 bits per heavy atom. The molecule has 140 valence electrons. The van der Waals surface area contributed by atoms with Crippen LogP contribution in [0.5, 0.6) is 0 Å². The lowest BCUT2D eigenvalue weighted by molar-refractivity contribution is -0.111. The number of rotatable bonds is 5. The number of carbonyl (C=O) groups excluding carboxylic acids is 1. The lowest BCUT2D eigenvalue weighted by Crippen LogP contribution is -2.07. The van der Waals surface area contributed by atoms with Crippen LogP contribution in [0.1, 0.15) is 31.1 Å². The maximum atomic E-state index is 12.1. The zero-order valence-corrected chi connectivity index (χ0v) is 15.7. The van der Waals surface area contributed by atoms with Gasteiger partial charge in [-0.05, 0) is 60.0 Å². The molecule has 0 spiro atoms. The van der Waals surface area contributed by atoms with Gasteiger partial charge in [-0.25, -0.2) is 4.98 Å². The number of nitrogens with zero attached hydrogens (tertiary/aromatic N) is 1. The number of hydrogen-bond donors (Lipinski definition) is 1. The van der Waals surface area contributed by atoms with Gasteiger partial charge in [0, 0.05) is 17.3 Å². The Hall–Kier alpha value is -3.60. The largest absolute Gasteiger partial charge is 0.465 e. The highest BCUT2D eigenvalue weighted by molar-refractivity contribution is 6.02. The average Bonchev–Trinajstić information content (AvgIpc) is 3.36. The Bertz CT molecular complexity index is 1120. The summed E-state index contributed by atoms with van der Waals surface area (Å²) in [6, 6.07) is 17.1. The van der Waals surface area contributed by atoms with Crippen LogP contribution >= 0.6 is 0 Å². The fourth-order valence-corrected chi connectivity index (χ4v) is 2.87. The first-order valence-electron chi connectivity index (χ1n) is 9.12. The number of benzene rings is 2. The SMILES string of the molecule is CC(C)c1ccc(-c2nc3cc(NC(=O)/C=C/c4ccco4)ccc3o2)cc1. The van der Waals surface area contributed by atoms with Crippen LogP contribution in [0.15, 0.2) is 75.8 Å². The molecule has 0 aliphatic carbocycles. The van der Waals surface area contributed by atoms with Gasteiger partial charge < -0.3 is 14.2 Å². The van der Waals surface area contributed by atoms with E-state index in [0.717, 1.165) is 5.56 Å². The minimum atomic E-state index is -0.247. The third-order valence-electron chi connectivity index (χ3n) is 4.42. The van der Waals surface area contributed by atoms with Crippen molar-refractivity contribution in [3.63, 3.8) is 0 Å². The van der Waals surface area contributed by atoms with Crippen molar-refractivity contribution in [1.29, 1.82) is 0 Å². The van der Waals surface area contributed by atoms with Gasteiger partial charge in [-0.2, -0.15) is 0 Å². The van der Waals surface area contributed by atoms with Crippen LogP contribution < -0.4 is 5.32 Å². The maximum absolute atomic E-state index is 12.1. The third-order valence-corrected chi connectivity index (χ3v) is 4.42. The van der Waals surface area contributed by atoms with E-state index < -0.39 is 0 Å². The number of hydrogen-bond acceptors (Lipinski definition) is 4. The first kappa shape index (κ1) is 17.8. The molecular formula is C23H20N2O3. The second-order valence-corrected chi connectivity index (χ2v) is 6.82. The molecule has 5 nitrogen and oxygen atoms in total. The van der Waals surface area contributed by atoms with E-state index in [1.165, 1.54) is 11.6 Å². The zero-order chi connectivity index (χ0) is 19.5. The van der Waals surface area contributed by atoms with Gasteiger partial charge in [0.15, 0.2) is 5.58 Å². The van der Waals surface area contributed by atoms with Crippen molar-refractivity contribution in [3.8, 4) is 11.5 Å². The molecule has 4 aromatic rings. The summed E-state index contributed by atoms with van der Waals surface area (Å²) in [7, 11) is 0. The smallest absolute Gasteiger partial charge is 0.248 e. The second kappa shape index (κ2) is 7.56. The Morgan fingerprint density at radius 3 is 2.64 bits per heavy atom. The Balaban J connectivity index is 1.52. The highest BCUT2D eigenvalue weighted by atomic mass is 16.3. The summed E-state index contributed by atoms with van der Waals surface area (Å²) in [5.41, 5.74) is 4.21. The molecule has 0 fully saturated rings. The monoisotopic (exact) mass is 372 g/mol. The number of carbonyl (C=O) groups is 1. The molecule has 0 saturated carbocycles. The molecule has 1 amide bonds. The Kier molecular flexibility index (Phi) is 4.81. The summed E-state index contributed by atoms with van der Waals surface area (Å²) in [6.07, 6.45) is 4.60. The predicted molar refractivity (Wildman–Crippen MR) is 110 cm³/mol. The number of amides is 1. The predicted octanol–water partition coefficient (Wildman–Crippen LogP) is 5.86. The number of oxazole rings is 1. The lowest BCUT2D eigenvalue weighted by Gasteiger charge is -2.04. The van der Waals surface area contributed by atoms with Gasteiger partial charge in [0.25, 0.3) is 0 Å². The van der Waals surface area contributed by atoms with Crippen LogP contribution in [0.3, 0.4) is 0 Å². The first-order valence-corrected chi connectivity index (χ1v) is 9.12. The van der Waals surface area contributed by atoms with E-state index >= 15 is 0 Å². The van der Waals surface area contributed by atoms with Gasteiger partial charge in [0.05, 0.1) is 6.26 Å². The van der Waals surface area contributed by atoms with Crippen molar-refractivity contribution in [1.82, 2.24) is 4.98 Å². The molecule has 0 saturated heterocycles. The molecule has 0 aliphatic heterocycles. The highest BCUT2D eigenvalue weighted by Gasteiger charge is 2.10. The molecule has 1 N–H and O–H groups in total. The van der Waals surface area contributed by atoms with E-state index in [0.29, 0.717) is 34.4 Å². The van der Waals surface area contributed by atoms with Crippen molar-refractivity contribution in [2.75, 3.05) is 5.32 Å². The average molecular weight is 372 g/mol. The van der Waals surface area contributed by atoms with E-state index in [-0.39, 0.29) is 5.91 Å². The lowest BCUT2D eigenvalue weighted by atomic mass is 10.0. The molecule has 5 heteroatoms. The topological polar surface area (TPSA) is 68.3 Å². The van der Waals surface area contributed by atoms with Gasteiger partial charge in [-0.1, -0.05) is 26.0 Å². The van der Waals surface area contributed by atoms with Crippen LogP contribution in [-0.4, -0.2) is 10.9 Å². The number of furan rings is 1. The fraction of sp³-hybridized carbons (Fsp3) is 0.130. The fourth-order valence-electron chi connectivity index (χ4n) is 2.87. The summed E-state index contributed by atoms with van der Waals surface area (Å²) >= 11 is 0. The minimum Gasteiger partial charge on any atom is -0.465 e. The molecule has 0 atom stereocenters. The van der Waals surface area contributed by atoms with Gasteiger partial charge in [0.2, 0.25) is 11.8 Å². The summed E-state index contributed by atoms with van der Waals surface area (Å²) in [5.74, 6) is 1.41. The van der Waals surface area contributed by atoms with Crippen LogP contribution in [0.25, 0.3) is 28.6 Å². The summed E-state index contributed by atoms with van der Waals surface area (Å²) in [5, 5.41) is 2.82. The molecule has 0 radical (unpaired) electrons. The van der Waals surface area contributed by atoms with Gasteiger partial charge in [-0.15, -0.1) is 0 Å². The number of aromatic nitrogens is 1. The molecule has 2 aromatic heterocycles. The van der Waals surface area contributed by atoms with E-state index in [1.54, 1.807) is 42.7 Å². The quantitative estimate of drug-likeness (QED) is 0.445. The van der Waals surface area contributed by atoms with E-state index in [2.05, 4.69) is 36.3 Å².